The van der Waals surface area contributed by atoms with Crippen molar-refractivity contribution in [3.05, 3.63) is 48.0 Å². The number of hydrogen-bond acceptors (Lipinski definition) is 4. The van der Waals surface area contributed by atoms with E-state index in [0.29, 0.717) is 24.7 Å². The molecule has 1 N–H and O–H groups in total. The van der Waals surface area contributed by atoms with Crippen molar-refractivity contribution in [1.29, 1.82) is 0 Å². The van der Waals surface area contributed by atoms with Gasteiger partial charge in [-0.3, -0.25) is 4.79 Å². The van der Waals surface area contributed by atoms with Crippen LogP contribution in [0, 0.1) is 0 Å². The summed E-state index contributed by atoms with van der Waals surface area (Å²) >= 11 is 0. The van der Waals surface area contributed by atoms with Crippen LogP contribution >= 0.6 is 0 Å². The van der Waals surface area contributed by atoms with Crippen LogP contribution in [0.25, 0.3) is 0 Å². The lowest BCUT2D eigenvalue weighted by Gasteiger charge is -2.11. The lowest BCUT2D eigenvalue weighted by molar-refractivity contribution is -0.120. The SMILES string of the molecule is CC=CC(=O)NC(C=O)CCCOC(=O)c1ccccc1. The number of esters is 1. The molecule has 0 saturated heterocycles. The van der Waals surface area contributed by atoms with Crippen molar-refractivity contribution in [2.75, 3.05) is 6.61 Å². The number of carbonyl (C=O) groups excluding carboxylic acids is 3. The van der Waals surface area contributed by atoms with E-state index in [2.05, 4.69) is 5.32 Å². The summed E-state index contributed by atoms with van der Waals surface area (Å²) < 4.78 is 5.09. The molecular weight excluding hydrogens is 270 g/mol. The highest BCUT2D eigenvalue weighted by molar-refractivity contribution is 5.89. The molecule has 5 nitrogen and oxygen atoms in total. The normalized spacial score (nSPS) is 11.9. The molecule has 0 bridgehead atoms. The Morgan fingerprint density at radius 1 is 1.29 bits per heavy atom. The van der Waals surface area contributed by atoms with Crippen LogP contribution in [0.3, 0.4) is 0 Å². The van der Waals surface area contributed by atoms with Crippen LogP contribution in [-0.4, -0.2) is 30.8 Å². The second-order valence-electron chi connectivity index (χ2n) is 4.40. The molecular formula is C16H19NO4. The molecule has 21 heavy (non-hydrogen) atoms. The molecule has 0 aliphatic carbocycles. The van der Waals surface area contributed by atoms with Crippen LogP contribution in [0.15, 0.2) is 42.5 Å². The summed E-state index contributed by atoms with van der Waals surface area (Å²) in [6, 6.07) is 8.12. The van der Waals surface area contributed by atoms with Crippen LogP contribution < -0.4 is 5.32 Å². The highest BCUT2D eigenvalue weighted by Crippen LogP contribution is 2.03. The predicted molar refractivity (Wildman–Crippen MR) is 78.8 cm³/mol. The molecule has 0 aliphatic heterocycles. The second-order valence-corrected chi connectivity index (χ2v) is 4.40. The Kier molecular flexibility index (Phi) is 7.50. The summed E-state index contributed by atoms with van der Waals surface area (Å²) in [5.41, 5.74) is 0.492. The number of aldehydes is 1. The molecule has 0 heterocycles. The third-order valence-electron chi connectivity index (χ3n) is 2.71. The van der Waals surface area contributed by atoms with E-state index in [9.17, 15) is 14.4 Å². The Morgan fingerprint density at radius 2 is 2.00 bits per heavy atom. The molecule has 1 aromatic rings. The zero-order valence-electron chi connectivity index (χ0n) is 12.0. The van der Waals surface area contributed by atoms with E-state index in [1.165, 1.54) is 6.08 Å². The van der Waals surface area contributed by atoms with E-state index >= 15 is 0 Å². The number of amides is 1. The van der Waals surface area contributed by atoms with E-state index in [1.54, 1.807) is 37.3 Å². The van der Waals surface area contributed by atoms with Gasteiger partial charge in [0.15, 0.2) is 0 Å². The van der Waals surface area contributed by atoms with Crippen LogP contribution in [0.4, 0.5) is 0 Å². The largest absolute Gasteiger partial charge is 0.462 e. The average Bonchev–Trinajstić information content (AvgIpc) is 2.51. The van der Waals surface area contributed by atoms with Crippen molar-refractivity contribution in [1.82, 2.24) is 5.32 Å². The molecule has 0 aliphatic rings. The smallest absolute Gasteiger partial charge is 0.338 e. The monoisotopic (exact) mass is 289 g/mol. The van der Waals surface area contributed by atoms with Gasteiger partial charge in [0, 0.05) is 0 Å². The van der Waals surface area contributed by atoms with Crippen molar-refractivity contribution in [3.8, 4) is 0 Å². The minimum Gasteiger partial charge on any atom is -0.462 e. The van der Waals surface area contributed by atoms with E-state index in [4.69, 9.17) is 4.74 Å². The summed E-state index contributed by atoms with van der Waals surface area (Å²) in [5.74, 6) is -0.702. The first kappa shape index (κ1) is 16.6. The number of hydrogen-bond donors (Lipinski definition) is 1. The van der Waals surface area contributed by atoms with E-state index in [0.717, 1.165) is 0 Å². The van der Waals surface area contributed by atoms with Crippen LogP contribution in [0.1, 0.15) is 30.1 Å². The molecule has 0 saturated carbocycles. The molecule has 1 atom stereocenters. The Hall–Kier alpha value is -2.43. The minimum absolute atomic E-state index is 0.206. The van der Waals surface area contributed by atoms with Crippen LogP contribution in [0.5, 0.6) is 0 Å². The summed E-state index contributed by atoms with van der Waals surface area (Å²) in [5, 5.41) is 2.55. The first-order valence-corrected chi connectivity index (χ1v) is 6.78. The zero-order chi connectivity index (χ0) is 15.5. The van der Waals surface area contributed by atoms with Crippen molar-refractivity contribution >= 4 is 18.2 Å². The summed E-state index contributed by atoms with van der Waals surface area (Å²) in [6.45, 7) is 1.93. The Balaban J connectivity index is 2.27. The maximum absolute atomic E-state index is 11.7. The van der Waals surface area contributed by atoms with E-state index in [1.807, 2.05) is 6.07 Å². The van der Waals surface area contributed by atoms with Crippen molar-refractivity contribution in [2.45, 2.75) is 25.8 Å². The fourth-order valence-electron chi connectivity index (χ4n) is 1.68. The first-order chi connectivity index (χ1) is 10.2. The fraction of sp³-hybridized carbons (Fsp3) is 0.312. The van der Waals surface area contributed by atoms with Gasteiger partial charge in [-0.1, -0.05) is 24.3 Å². The molecule has 0 fully saturated rings. The third kappa shape index (κ3) is 6.51. The second kappa shape index (κ2) is 9.47. The number of nitrogens with one attached hydrogen (secondary N) is 1. The van der Waals surface area contributed by atoms with Gasteiger partial charge in [-0.25, -0.2) is 4.79 Å². The van der Waals surface area contributed by atoms with Crippen molar-refractivity contribution in [3.63, 3.8) is 0 Å². The van der Waals surface area contributed by atoms with E-state index in [-0.39, 0.29) is 12.5 Å². The van der Waals surface area contributed by atoms with Crippen molar-refractivity contribution < 1.29 is 19.1 Å². The van der Waals surface area contributed by atoms with Gasteiger partial charge in [0.25, 0.3) is 0 Å². The molecule has 1 unspecified atom stereocenters. The molecule has 5 heteroatoms. The zero-order valence-corrected chi connectivity index (χ0v) is 12.0. The quantitative estimate of drug-likeness (QED) is 0.343. The van der Waals surface area contributed by atoms with Gasteiger partial charge in [0.2, 0.25) is 5.91 Å². The van der Waals surface area contributed by atoms with Crippen LogP contribution in [-0.2, 0) is 14.3 Å². The van der Waals surface area contributed by atoms with Gasteiger partial charge in [0.05, 0.1) is 18.2 Å². The lowest BCUT2D eigenvalue weighted by Crippen LogP contribution is -2.35. The Bertz CT molecular complexity index is 496. The Morgan fingerprint density at radius 3 is 2.62 bits per heavy atom. The molecule has 1 aromatic carbocycles. The summed E-state index contributed by atoms with van der Waals surface area (Å²) in [4.78, 5) is 33.8. The maximum atomic E-state index is 11.7. The van der Waals surface area contributed by atoms with Gasteiger partial charge in [-0.2, -0.15) is 0 Å². The number of benzene rings is 1. The molecule has 112 valence electrons. The van der Waals surface area contributed by atoms with Gasteiger partial charge in [0.1, 0.15) is 6.29 Å². The number of ether oxygens (including phenoxy) is 1. The predicted octanol–water partition coefficient (Wildman–Crippen LogP) is 1.88. The van der Waals surface area contributed by atoms with Gasteiger partial charge in [-0.05, 0) is 38.0 Å². The lowest BCUT2D eigenvalue weighted by atomic mass is 10.2. The van der Waals surface area contributed by atoms with E-state index < -0.39 is 12.0 Å². The maximum Gasteiger partial charge on any atom is 0.338 e. The third-order valence-corrected chi connectivity index (χ3v) is 2.71. The topological polar surface area (TPSA) is 72.5 Å². The molecule has 0 spiro atoms. The highest BCUT2D eigenvalue weighted by Gasteiger charge is 2.10. The van der Waals surface area contributed by atoms with Gasteiger partial charge in [-0.15, -0.1) is 0 Å². The average molecular weight is 289 g/mol. The van der Waals surface area contributed by atoms with Crippen molar-refractivity contribution in [2.24, 2.45) is 0 Å². The molecule has 0 aromatic heterocycles. The Labute approximate surface area is 124 Å². The van der Waals surface area contributed by atoms with Gasteiger partial charge < -0.3 is 14.8 Å². The van der Waals surface area contributed by atoms with Gasteiger partial charge >= 0.3 is 5.97 Å². The minimum atomic E-state index is -0.566. The number of allylic oxidation sites excluding steroid dienone is 1. The number of carbonyl (C=O) groups is 3. The summed E-state index contributed by atoms with van der Waals surface area (Å²) in [7, 11) is 0. The standard InChI is InChI=1S/C16H19NO4/c1-2-7-15(19)17-14(12-18)10-6-11-21-16(20)13-8-4-3-5-9-13/h2-5,7-9,12,14H,6,10-11H2,1H3,(H,17,19). The molecule has 0 radical (unpaired) electrons. The van der Waals surface area contributed by atoms with Crippen LogP contribution in [0.2, 0.25) is 0 Å². The fourth-order valence-corrected chi connectivity index (χ4v) is 1.68. The first-order valence-electron chi connectivity index (χ1n) is 6.78. The summed E-state index contributed by atoms with van der Waals surface area (Å²) in [6.07, 6.45) is 4.55. The molecule has 1 amide bonds. The number of rotatable bonds is 8. The molecule has 1 rings (SSSR count). The highest BCUT2D eigenvalue weighted by atomic mass is 16.5.